The van der Waals surface area contributed by atoms with Gasteiger partial charge < -0.3 is 15.4 Å². The minimum absolute atomic E-state index is 0.634. The molecule has 0 saturated heterocycles. The number of rotatable bonds is 8. The van der Waals surface area contributed by atoms with Gasteiger partial charge in [0, 0.05) is 24.0 Å². The summed E-state index contributed by atoms with van der Waals surface area (Å²) >= 11 is 0. The first-order chi connectivity index (χ1) is 12.7. The van der Waals surface area contributed by atoms with Crippen LogP contribution in [0, 0.1) is 6.92 Å². The van der Waals surface area contributed by atoms with Crippen LogP contribution in [0.1, 0.15) is 18.2 Å². The lowest BCUT2D eigenvalue weighted by Crippen LogP contribution is -2.09. The van der Waals surface area contributed by atoms with Gasteiger partial charge in [-0.3, -0.25) is 0 Å². The second-order valence-electron chi connectivity index (χ2n) is 5.96. The molecule has 3 rings (SSSR count). The molecule has 0 bridgehead atoms. The quantitative estimate of drug-likeness (QED) is 0.624. The Bertz CT molecular complexity index is 819. The van der Waals surface area contributed by atoms with E-state index in [-0.39, 0.29) is 0 Å². The van der Waals surface area contributed by atoms with Crippen molar-refractivity contribution in [3.05, 3.63) is 71.9 Å². The number of aromatic nitrogens is 2. The van der Waals surface area contributed by atoms with E-state index in [2.05, 4.69) is 44.9 Å². The maximum absolute atomic E-state index is 5.47. The highest BCUT2D eigenvalue weighted by atomic mass is 16.5. The van der Waals surface area contributed by atoms with Crippen LogP contribution in [0.2, 0.25) is 0 Å². The van der Waals surface area contributed by atoms with Crippen LogP contribution in [0.3, 0.4) is 0 Å². The zero-order valence-electron chi connectivity index (χ0n) is 15.2. The van der Waals surface area contributed by atoms with Gasteiger partial charge in [-0.1, -0.05) is 30.3 Å². The highest BCUT2D eigenvalue weighted by Crippen LogP contribution is 2.20. The van der Waals surface area contributed by atoms with Crippen LogP contribution < -0.4 is 15.4 Å². The Morgan fingerprint density at radius 3 is 2.46 bits per heavy atom. The van der Waals surface area contributed by atoms with E-state index >= 15 is 0 Å². The molecular weight excluding hydrogens is 324 g/mol. The van der Waals surface area contributed by atoms with Gasteiger partial charge in [0.15, 0.2) is 0 Å². The molecule has 0 spiro atoms. The molecule has 5 heteroatoms. The van der Waals surface area contributed by atoms with Crippen LogP contribution in [0.15, 0.2) is 60.7 Å². The summed E-state index contributed by atoms with van der Waals surface area (Å²) < 4.78 is 5.47. The highest BCUT2D eigenvalue weighted by Gasteiger charge is 2.03. The first kappa shape index (κ1) is 17.7. The number of aryl methyl sites for hydroxylation is 1. The van der Waals surface area contributed by atoms with E-state index in [0.717, 1.165) is 35.9 Å². The Labute approximate surface area is 154 Å². The first-order valence-electron chi connectivity index (χ1n) is 8.86. The zero-order valence-corrected chi connectivity index (χ0v) is 15.2. The third-order valence-corrected chi connectivity index (χ3v) is 3.83. The number of hydrogen-bond donors (Lipinski definition) is 2. The molecule has 3 aromatic rings. The van der Waals surface area contributed by atoms with Crippen molar-refractivity contribution in [3.8, 4) is 5.75 Å². The van der Waals surface area contributed by atoms with Crippen LogP contribution in [0.5, 0.6) is 5.75 Å². The molecule has 5 nitrogen and oxygen atoms in total. The van der Waals surface area contributed by atoms with Crippen molar-refractivity contribution in [2.24, 2.45) is 0 Å². The van der Waals surface area contributed by atoms with Crippen molar-refractivity contribution in [2.45, 2.75) is 20.3 Å². The van der Waals surface area contributed by atoms with E-state index in [4.69, 9.17) is 4.74 Å². The van der Waals surface area contributed by atoms with Crippen molar-refractivity contribution in [1.82, 2.24) is 9.97 Å². The maximum Gasteiger partial charge on any atom is 0.224 e. The summed E-state index contributed by atoms with van der Waals surface area (Å²) in [6, 6.07) is 20.1. The fourth-order valence-electron chi connectivity index (χ4n) is 2.62. The van der Waals surface area contributed by atoms with Crippen LogP contribution >= 0.6 is 0 Å². The molecule has 1 heterocycles. The lowest BCUT2D eigenvalue weighted by molar-refractivity contribution is 0.340. The van der Waals surface area contributed by atoms with E-state index < -0.39 is 0 Å². The van der Waals surface area contributed by atoms with Gasteiger partial charge in [-0.2, -0.15) is 4.98 Å². The molecule has 0 aliphatic carbocycles. The van der Waals surface area contributed by atoms with E-state index in [1.54, 1.807) is 0 Å². The number of anilines is 3. The van der Waals surface area contributed by atoms with Gasteiger partial charge in [0.05, 0.1) is 6.61 Å². The third-order valence-electron chi connectivity index (χ3n) is 3.83. The number of ether oxygens (including phenoxy) is 1. The average molecular weight is 348 g/mol. The Morgan fingerprint density at radius 1 is 0.962 bits per heavy atom. The standard InChI is InChI=1S/C21H24N4O/c1-3-26-19-11-9-18(10-12-19)24-20-15-16(2)23-21(25-20)22-14-13-17-7-5-4-6-8-17/h4-12,15H,3,13-14H2,1-2H3,(H2,22,23,24,25). The average Bonchev–Trinajstić information content (AvgIpc) is 2.64. The Balaban J connectivity index is 1.61. The van der Waals surface area contributed by atoms with Gasteiger partial charge in [0.2, 0.25) is 5.95 Å². The summed E-state index contributed by atoms with van der Waals surface area (Å²) in [6.07, 6.45) is 0.930. The molecular formula is C21H24N4O. The van der Waals surface area contributed by atoms with E-state index in [1.807, 2.05) is 50.2 Å². The monoisotopic (exact) mass is 348 g/mol. The van der Waals surface area contributed by atoms with Crippen molar-refractivity contribution in [3.63, 3.8) is 0 Å². The van der Waals surface area contributed by atoms with Gasteiger partial charge in [0.1, 0.15) is 11.6 Å². The third kappa shape index (κ3) is 5.21. The molecule has 0 saturated carbocycles. The van der Waals surface area contributed by atoms with Gasteiger partial charge in [0.25, 0.3) is 0 Å². The Morgan fingerprint density at radius 2 is 1.73 bits per heavy atom. The minimum Gasteiger partial charge on any atom is -0.494 e. The van der Waals surface area contributed by atoms with Crippen LogP contribution in [0.25, 0.3) is 0 Å². The molecule has 0 aliphatic heterocycles. The van der Waals surface area contributed by atoms with Crippen molar-refractivity contribution < 1.29 is 4.74 Å². The normalized spacial score (nSPS) is 10.4. The molecule has 0 unspecified atom stereocenters. The van der Waals surface area contributed by atoms with Gasteiger partial charge >= 0.3 is 0 Å². The Kier molecular flexibility index (Phi) is 6.04. The second-order valence-corrected chi connectivity index (χ2v) is 5.96. The zero-order chi connectivity index (χ0) is 18.2. The Hall–Kier alpha value is -3.08. The summed E-state index contributed by atoms with van der Waals surface area (Å²) in [7, 11) is 0. The summed E-state index contributed by atoms with van der Waals surface area (Å²) in [5, 5.41) is 6.62. The van der Waals surface area contributed by atoms with Gasteiger partial charge in [-0.05, 0) is 50.1 Å². The van der Waals surface area contributed by atoms with E-state index in [1.165, 1.54) is 5.56 Å². The summed E-state index contributed by atoms with van der Waals surface area (Å²) in [6.45, 7) is 5.39. The molecule has 2 N–H and O–H groups in total. The highest BCUT2D eigenvalue weighted by molar-refractivity contribution is 5.58. The molecule has 26 heavy (non-hydrogen) atoms. The largest absolute Gasteiger partial charge is 0.494 e. The van der Waals surface area contributed by atoms with Crippen molar-refractivity contribution in [2.75, 3.05) is 23.8 Å². The second kappa shape index (κ2) is 8.85. The van der Waals surface area contributed by atoms with E-state index in [0.29, 0.717) is 12.6 Å². The number of nitrogens with one attached hydrogen (secondary N) is 2. The smallest absolute Gasteiger partial charge is 0.224 e. The van der Waals surface area contributed by atoms with Crippen molar-refractivity contribution in [1.29, 1.82) is 0 Å². The summed E-state index contributed by atoms with van der Waals surface area (Å²) in [5.41, 5.74) is 3.16. The molecule has 134 valence electrons. The number of benzene rings is 2. The number of nitrogens with zero attached hydrogens (tertiary/aromatic N) is 2. The van der Waals surface area contributed by atoms with Gasteiger partial charge in [-0.15, -0.1) is 0 Å². The molecule has 0 radical (unpaired) electrons. The molecule has 0 amide bonds. The molecule has 2 aromatic carbocycles. The van der Waals surface area contributed by atoms with Crippen molar-refractivity contribution >= 4 is 17.5 Å². The number of hydrogen-bond acceptors (Lipinski definition) is 5. The van der Waals surface area contributed by atoms with Gasteiger partial charge in [-0.25, -0.2) is 4.98 Å². The fourth-order valence-corrected chi connectivity index (χ4v) is 2.62. The van der Waals surface area contributed by atoms with Crippen LogP contribution in [-0.2, 0) is 6.42 Å². The SMILES string of the molecule is CCOc1ccc(Nc2cc(C)nc(NCCc3ccccc3)n2)cc1. The first-order valence-corrected chi connectivity index (χ1v) is 8.86. The molecule has 0 fully saturated rings. The predicted octanol–water partition coefficient (Wildman–Crippen LogP) is 4.58. The molecule has 0 atom stereocenters. The predicted molar refractivity (Wildman–Crippen MR) is 106 cm³/mol. The van der Waals surface area contributed by atoms with Crippen LogP contribution in [0.4, 0.5) is 17.5 Å². The lowest BCUT2D eigenvalue weighted by Gasteiger charge is -2.11. The fraction of sp³-hybridized carbons (Fsp3) is 0.238. The summed E-state index contributed by atoms with van der Waals surface area (Å²) in [4.78, 5) is 9.02. The minimum atomic E-state index is 0.634. The van der Waals surface area contributed by atoms with E-state index in [9.17, 15) is 0 Å². The topological polar surface area (TPSA) is 59.1 Å². The molecule has 1 aromatic heterocycles. The summed E-state index contributed by atoms with van der Waals surface area (Å²) in [5.74, 6) is 2.26. The molecule has 0 aliphatic rings. The lowest BCUT2D eigenvalue weighted by atomic mass is 10.1. The van der Waals surface area contributed by atoms with Crippen LogP contribution in [-0.4, -0.2) is 23.1 Å². The maximum atomic E-state index is 5.47.